The summed E-state index contributed by atoms with van der Waals surface area (Å²) in [7, 11) is 0. The summed E-state index contributed by atoms with van der Waals surface area (Å²) in [5.74, 6) is 3.13. The Bertz CT molecular complexity index is 227. The maximum absolute atomic E-state index is 5.05. The van der Waals surface area contributed by atoms with Crippen molar-refractivity contribution in [1.82, 2.24) is 9.97 Å². The third-order valence-electron chi connectivity index (χ3n) is 0.827. The van der Waals surface area contributed by atoms with Crippen molar-refractivity contribution in [3.05, 3.63) is 18.5 Å². The lowest BCUT2D eigenvalue weighted by Gasteiger charge is -1.90. The molecule has 0 unspecified atom stereocenters. The van der Waals surface area contributed by atoms with Crippen LogP contribution in [0.5, 0.6) is 0 Å². The minimum atomic E-state index is 0.629. The van der Waals surface area contributed by atoms with Gasteiger partial charge < -0.3 is 0 Å². The van der Waals surface area contributed by atoms with E-state index in [-0.39, 0.29) is 0 Å². The van der Waals surface area contributed by atoms with Crippen LogP contribution in [0.4, 0.5) is 0 Å². The number of rotatable bonds is 2. The van der Waals surface area contributed by atoms with Crippen LogP contribution in [0.2, 0.25) is 0 Å². The zero-order chi connectivity index (χ0) is 7.23. The fourth-order valence-electron chi connectivity index (χ4n) is 0.466. The molecule has 1 aromatic heterocycles. The highest BCUT2D eigenvalue weighted by atomic mass is 32.2. The summed E-state index contributed by atoms with van der Waals surface area (Å²) in [6.07, 6.45) is 8.45. The fraction of sp³-hybridized carbons (Fsp3) is 0.143. The lowest BCUT2D eigenvalue weighted by atomic mass is 10.7. The van der Waals surface area contributed by atoms with Crippen molar-refractivity contribution < 1.29 is 0 Å². The van der Waals surface area contributed by atoms with Gasteiger partial charge in [0.15, 0.2) is 5.16 Å². The average Bonchev–Trinajstić information content (AvgIpc) is 2.03. The van der Waals surface area contributed by atoms with Gasteiger partial charge in [-0.2, -0.15) is 0 Å². The maximum Gasteiger partial charge on any atom is 0.188 e. The van der Waals surface area contributed by atoms with Crippen molar-refractivity contribution in [1.29, 1.82) is 0 Å². The van der Waals surface area contributed by atoms with Crippen molar-refractivity contribution in [3.63, 3.8) is 0 Å². The molecule has 3 heteroatoms. The highest BCUT2D eigenvalue weighted by Gasteiger charge is 1.90. The summed E-state index contributed by atoms with van der Waals surface area (Å²) in [4.78, 5) is 7.95. The molecule has 1 rings (SSSR count). The van der Waals surface area contributed by atoms with Crippen molar-refractivity contribution in [2.24, 2.45) is 0 Å². The van der Waals surface area contributed by atoms with E-state index in [0.717, 1.165) is 5.16 Å². The van der Waals surface area contributed by atoms with Gasteiger partial charge in [0, 0.05) is 12.4 Å². The third kappa shape index (κ3) is 2.08. The van der Waals surface area contributed by atoms with Gasteiger partial charge in [0.2, 0.25) is 0 Å². The number of hydrogen-bond donors (Lipinski definition) is 0. The predicted octanol–water partition coefficient (Wildman–Crippen LogP) is 1.20. The zero-order valence-electron chi connectivity index (χ0n) is 5.32. The molecule has 0 saturated heterocycles. The van der Waals surface area contributed by atoms with Gasteiger partial charge in [-0.05, 0) is 6.07 Å². The van der Waals surface area contributed by atoms with E-state index in [0.29, 0.717) is 5.75 Å². The van der Waals surface area contributed by atoms with Crippen LogP contribution in [0.15, 0.2) is 23.6 Å². The van der Waals surface area contributed by atoms with Gasteiger partial charge >= 0.3 is 0 Å². The van der Waals surface area contributed by atoms with Crippen LogP contribution < -0.4 is 0 Å². The van der Waals surface area contributed by atoms with Crippen LogP contribution >= 0.6 is 11.8 Å². The van der Waals surface area contributed by atoms with Crippen molar-refractivity contribution in [3.8, 4) is 12.3 Å². The topological polar surface area (TPSA) is 25.8 Å². The monoisotopic (exact) mass is 150 g/mol. The molecule has 0 saturated carbocycles. The predicted molar refractivity (Wildman–Crippen MR) is 41.6 cm³/mol. The van der Waals surface area contributed by atoms with Gasteiger partial charge in [0.05, 0.1) is 5.75 Å². The van der Waals surface area contributed by atoms with E-state index in [1.165, 1.54) is 11.8 Å². The molecule has 0 amide bonds. The van der Waals surface area contributed by atoms with E-state index >= 15 is 0 Å². The summed E-state index contributed by atoms with van der Waals surface area (Å²) in [5, 5.41) is 0.737. The Labute approximate surface area is 64.1 Å². The van der Waals surface area contributed by atoms with Crippen LogP contribution in [-0.4, -0.2) is 15.7 Å². The molecule has 1 aromatic rings. The fourth-order valence-corrected chi connectivity index (χ4v) is 0.949. The Kier molecular flexibility index (Phi) is 2.78. The minimum Gasteiger partial charge on any atom is -0.231 e. The van der Waals surface area contributed by atoms with Gasteiger partial charge in [-0.15, -0.1) is 6.42 Å². The first-order chi connectivity index (χ1) is 4.93. The smallest absolute Gasteiger partial charge is 0.188 e. The first-order valence-electron chi connectivity index (χ1n) is 2.77. The summed E-state index contributed by atoms with van der Waals surface area (Å²) in [6.45, 7) is 0. The Morgan fingerprint density at radius 3 is 2.80 bits per heavy atom. The van der Waals surface area contributed by atoms with Crippen molar-refractivity contribution in [2.75, 3.05) is 5.75 Å². The zero-order valence-corrected chi connectivity index (χ0v) is 6.14. The van der Waals surface area contributed by atoms with Gasteiger partial charge in [0.1, 0.15) is 0 Å². The van der Waals surface area contributed by atoms with E-state index in [1.807, 2.05) is 0 Å². The molecule has 0 aromatic carbocycles. The Balaban J connectivity index is 2.52. The second-order valence-electron chi connectivity index (χ2n) is 1.52. The van der Waals surface area contributed by atoms with Gasteiger partial charge in [-0.1, -0.05) is 17.7 Å². The second kappa shape index (κ2) is 3.91. The first kappa shape index (κ1) is 7.10. The maximum atomic E-state index is 5.05. The van der Waals surface area contributed by atoms with Crippen LogP contribution in [-0.2, 0) is 0 Å². The number of terminal acetylenes is 1. The van der Waals surface area contributed by atoms with Gasteiger partial charge in [0.25, 0.3) is 0 Å². The number of thioether (sulfide) groups is 1. The molecule has 0 aliphatic carbocycles. The van der Waals surface area contributed by atoms with Crippen LogP contribution in [0.25, 0.3) is 0 Å². The van der Waals surface area contributed by atoms with Crippen molar-refractivity contribution >= 4 is 11.8 Å². The summed E-state index contributed by atoms with van der Waals surface area (Å²) in [5.41, 5.74) is 0. The minimum absolute atomic E-state index is 0.629. The molecule has 1 heterocycles. The highest BCUT2D eigenvalue weighted by Crippen LogP contribution is 2.08. The summed E-state index contributed by atoms with van der Waals surface area (Å²) < 4.78 is 0. The molecular weight excluding hydrogens is 144 g/mol. The highest BCUT2D eigenvalue weighted by molar-refractivity contribution is 7.99. The first-order valence-corrected chi connectivity index (χ1v) is 3.75. The summed E-state index contributed by atoms with van der Waals surface area (Å²) in [6, 6.07) is 1.78. The normalized spacial score (nSPS) is 8.70. The molecule has 0 N–H and O–H groups in total. The van der Waals surface area contributed by atoms with E-state index in [4.69, 9.17) is 6.42 Å². The molecule has 10 heavy (non-hydrogen) atoms. The molecule has 0 aliphatic heterocycles. The largest absolute Gasteiger partial charge is 0.231 e. The van der Waals surface area contributed by atoms with Gasteiger partial charge in [-0.3, -0.25) is 0 Å². The Morgan fingerprint density at radius 1 is 1.50 bits per heavy atom. The third-order valence-corrected chi connectivity index (χ3v) is 1.61. The van der Waals surface area contributed by atoms with E-state index in [2.05, 4.69) is 15.9 Å². The molecule has 0 atom stereocenters. The van der Waals surface area contributed by atoms with Crippen molar-refractivity contribution in [2.45, 2.75) is 5.16 Å². The lowest BCUT2D eigenvalue weighted by molar-refractivity contribution is 0.969. The van der Waals surface area contributed by atoms with E-state index < -0.39 is 0 Å². The molecule has 0 aliphatic rings. The molecule has 0 bridgehead atoms. The lowest BCUT2D eigenvalue weighted by Crippen LogP contribution is -1.82. The number of hydrogen-bond acceptors (Lipinski definition) is 3. The molecule has 0 spiro atoms. The van der Waals surface area contributed by atoms with Crippen LogP contribution in [0.3, 0.4) is 0 Å². The quantitative estimate of drug-likeness (QED) is 0.360. The van der Waals surface area contributed by atoms with E-state index in [9.17, 15) is 0 Å². The van der Waals surface area contributed by atoms with E-state index in [1.54, 1.807) is 18.5 Å². The molecule has 2 nitrogen and oxygen atoms in total. The molecular formula is C7H6N2S. The summed E-state index contributed by atoms with van der Waals surface area (Å²) >= 11 is 1.46. The molecule has 0 fully saturated rings. The second-order valence-corrected chi connectivity index (χ2v) is 2.47. The molecule has 0 radical (unpaired) electrons. The van der Waals surface area contributed by atoms with Gasteiger partial charge in [-0.25, -0.2) is 9.97 Å². The van der Waals surface area contributed by atoms with Crippen LogP contribution in [0, 0.1) is 12.3 Å². The number of nitrogens with zero attached hydrogens (tertiary/aromatic N) is 2. The SMILES string of the molecule is C#CCSc1ncccn1. The Morgan fingerprint density at radius 2 is 2.20 bits per heavy atom. The average molecular weight is 150 g/mol. The molecule has 50 valence electrons. The number of aromatic nitrogens is 2. The standard InChI is InChI=1S/C7H6N2S/c1-2-6-10-7-8-4-3-5-9-7/h1,3-5H,6H2. The Hall–Kier alpha value is -1.01. The van der Waals surface area contributed by atoms with Crippen LogP contribution in [0.1, 0.15) is 0 Å².